The van der Waals surface area contributed by atoms with Gasteiger partial charge < -0.3 is 20.2 Å². The summed E-state index contributed by atoms with van der Waals surface area (Å²) in [5, 5.41) is 14.9. The third kappa shape index (κ3) is 5.28. The van der Waals surface area contributed by atoms with Crippen LogP contribution in [0.4, 0.5) is 26.0 Å². The van der Waals surface area contributed by atoms with Crippen LogP contribution in [0.2, 0.25) is 0 Å². The minimum atomic E-state index is -1.52. The first kappa shape index (κ1) is 29.6. The van der Waals surface area contributed by atoms with Crippen LogP contribution >= 0.6 is 11.8 Å². The molecule has 2 bridgehead atoms. The molecule has 2 amide bonds. The molecule has 228 valence electrons. The second-order valence-electron chi connectivity index (χ2n) is 10.8. The number of halogens is 2. The van der Waals surface area contributed by atoms with Crippen molar-refractivity contribution in [1.82, 2.24) is 24.8 Å². The molecule has 1 saturated heterocycles. The summed E-state index contributed by atoms with van der Waals surface area (Å²) < 4.78 is 31.6. The van der Waals surface area contributed by atoms with Crippen LogP contribution in [-0.2, 0) is 9.59 Å². The van der Waals surface area contributed by atoms with Crippen molar-refractivity contribution < 1.29 is 23.5 Å². The highest BCUT2D eigenvalue weighted by Crippen LogP contribution is 2.44. The zero-order valence-corrected chi connectivity index (χ0v) is 24.9. The van der Waals surface area contributed by atoms with Gasteiger partial charge >= 0.3 is 0 Å². The van der Waals surface area contributed by atoms with Gasteiger partial charge in [0.15, 0.2) is 5.82 Å². The number of aliphatic imine (C=N–C) groups is 1. The van der Waals surface area contributed by atoms with Crippen molar-refractivity contribution in [2.45, 2.75) is 37.6 Å². The van der Waals surface area contributed by atoms with Gasteiger partial charge in [-0.15, -0.1) is 11.8 Å². The number of rotatable bonds is 2. The van der Waals surface area contributed by atoms with E-state index in [0.717, 1.165) is 0 Å². The van der Waals surface area contributed by atoms with Crippen molar-refractivity contribution in [2.24, 2.45) is 4.99 Å². The monoisotopic (exact) mass is 620 g/mol. The molecule has 1 fully saturated rings. The summed E-state index contributed by atoms with van der Waals surface area (Å²) in [5.74, 6) is -1.59. The van der Waals surface area contributed by atoms with E-state index < -0.39 is 18.0 Å². The van der Waals surface area contributed by atoms with Crippen molar-refractivity contribution in [3.05, 3.63) is 66.1 Å². The lowest BCUT2D eigenvalue weighted by molar-refractivity contribution is -0.127. The number of hydrogen-bond donors (Lipinski definition) is 2. The van der Waals surface area contributed by atoms with Crippen molar-refractivity contribution in [3.63, 3.8) is 0 Å². The molecule has 11 nitrogen and oxygen atoms in total. The number of hydrogen-bond acceptors (Lipinski definition) is 10. The van der Waals surface area contributed by atoms with Crippen LogP contribution in [0.1, 0.15) is 37.4 Å². The molecular formula is C30H30F2N8O3S. The van der Waals surface area contributed by atoms with Crippen LogP contribution in [-0.4, -0.2) is 85.8 Å². The lowest BCUT2D eigenvalue weighted by atomic mass is 10.0. The van der Waals surface area contributed by atoms with Gasteiger partial charge in [0.1, 0.15) is 40.2 Å². The van der Waals surface area contributed by atoms with Gasteiger partial charge in [-0.2, -0.15) is 0 Å². The number of nitrogens with zero attached hydrogens (tertiary/aromatic N) is 7. The molecule has 3 aliphatic rings. The zero-order valence-electron chi connectivity index (χ0n) is 24.1. The number of amidine groups is 1. The Bertz CT molecular complexity index is 1690. The molecule has 1 unspecified atom stereocenters. The van der Waals surface area contributed by atoms with Gasteiger partial charge in [-0.25, -0.2) is 28.7 Å². The van der Waals surface area contributed by atoms with E-state index >= 15 is 8.78 Å². The summed E-state index contributed by atoms with van der Waals surface area (Å²) in [5.41, 5.74) is 0.798. The first-order valence-electron chi connectivity index (χ1n) is 14.2. The second kappa shape index (κ2) is 11.9. The van der Waals surface area contributed by atoms with Crippen LogP contribution in [0.5, 0.6) is 0 Å². The molecule has 0 aliphatic carbocycles. The third-order valence-electron chi connectivity index (χ3n) is 7.66. The van der Waals surface area contributed by atoms with E-state index in [0.29, 0.717) is 48.3 Å². The number of carbonyl (C=O) groups excluding carboxylic acids is 2. The quantitative estimate of drug-likeness (QED) is 0.324. The summed E-state index contributed by atoms with van der Waals surface area (Å²) in [7, 11) is 0. The predicted molar refractivity (Wildman–Crippen MR) is 163 cm³/mol. The maximum absolute atomic E-state index is 16.1. The molecule has 44 heavy (non-hydrogen) atoms. The minimum Gasteiger partial charge on any atom is -0.355 e. The van der Waals surface area contributed by atoms with Crippen LogP contribution in [0.25, 0.3) is 11.3 Å². The number of fused-ring (bicyclic) bond motifs is 5. The third-order valence-corrected chi connectivity index (χ3v) is 8.64. The summed E-state index contributed by atoms with van der Waals surface area (Å²) in [6, 6.07) is 5.31. The number of aliphatic hydroxyl groups is 1. The second-order valence-corrected chi connectivity index (χ2v) is 11.8. The highest BCUT2D eigenvalue weighted by Gasteiger charge is 2.38. The summed E-state index contributed by atoms with van der Waals surface area (Å²) in [4.78, 5) is 48.3. The van der Waals surface area contributed by atoms with E-state index in [2.05, 4.69) is 31.8 Å². The van der Waals surface area contributed by atoms with Gasteiger partial charge in [0, 0.05) is 38.4 Å². The topological polar surface area (TPSA) is 127 Å². The van der Waals surface area contributed by atoms with Crippen molar-refractivity contribution in [3.8, 4) is 11.3 Å². The van der Waals surface area contributed by atoms with E-state index in [-0.39, 0.29) is 58.3 Å². The Morgan fingerprint density at radius 1 is 1.18 bits per heavy atom. The molecule has 3 aliphatic heterocycles. The molecule has 0 radical (unpaired) electrons. The maximum atomic E-state index is 16.1. The van der Waals surface area contributed by atoms with Gasteiger partial charge in [0.25, 0.3) is 0 Å². The Morgan fingerprint density at radius 3 is 2.68 bits per heavy atom. The fourth-order valence-electron chi connectivity index (χ4n) is 5.54. The average Bonchev–Trinajstić information content (AvgIpc) is 3.01. The van der Waals surface area contributed by atoms with E-state index in [1.54, 1.807) is 4.90 Å². The standard InChI is InChI=1S/C30H30F2N8O3S/c1-4-22(42)38-9-11-39(12-10-38)27-17-14-19(32)25-23-18(31)6-5-7-20(23)35-21(41)8-13-44-29-26(24(16(2)3)33-15-34-29)40(28(17)36-25)30(43)37-27/h4-7,14-16,30,43H,1,8-13H2,2-3H3,(H,35,41). The summed E-state index contributed by atoms with van der Waals surface area (Å²) >= 11 is 1.30. The Kier molecular flexibility index (Phi) is 8.03. The van der Waals surface area contributed by atoms with Crippen molar-refractivity contribution >= 4 is 46.6 Å². The number of anilines is 3. The first-order chi connectivity index (χ1) is 21.2. The van der Waals surface area contributed by atoms with Gasteiger partial charge in [-0.05, 0) is 30.2 Å². The molecule has 0 spiro atoms. The largest absolute Gasteiger partial charge is 0.355 e. The number of pyridine rings is 1. The Morgan fingerprint density at radius 2 is 1.95 bits per heavy atom. The molecule has 3 aromatic rings. The molecule has 14 heteroatoms. The van der Waals surface area contributed by atoms with Crippen molar-refractivity contribution in [1.29, 1.82) is 0 Å². The highest BCUT2D eigenvalue weighted by molar-refractivity contribution is 7.99. The van der Waals surface area contributed by atoms with Gasteiger partial charge in [-0.3, -0.25) is 14.5 Å². The maximum Gasteiger partial charge on any atom is 0.246 e. The lowest BCUT2D eigenvalue weighted by Crippen LogP contribution is -2.52. The molecule has 1 atom stereocenters. The molecule has 6 rings (SSSR count). The smallest absolute Gasteiger partial charge is 0.246 e. The Labute approximate surface area is 256 Å². The molecule has 2 N–H and O–H groups in total. The van der Waals surface area contributed by atoms with Gasteiger partial charge in [0.05, 0.1) is 22.5 Å². The SMILES string of the molecule is C=CC(=O)N1CCN(C2=NC(O)N3c4nc(c(F)cc42)-c2c(F)cccc2NC(=O)CCSc2ncnc(C(C)C)c23)CC1. The van der Waals surface area contributed by atoms with Gasteiger partial charge in [0.2, 0.25) is 18.2 Å². The number of thioether (sulfide) groups is 1. The number of piperazine rings is 1. The fraction of sp³-hybridized carbons (Fsp3) is 0.333. The molecular weight excluding hydrogens is 590 g/mol. The highest BCUT2D eigenvalue weighted by atomic mass is 32.2. The van der Waals surface area contributed by atoms with Crippen LogP contribution < -0.4 is 10.2 Å². The number of carbonyl (C=O) groups is 2. The fourth-order valence-corrected chi connectivity index (χ4v) is 6.48. The predicted octanol–water partition coefficient (Wildman–Crippen LogP) is 3.88. The number of aromatic nitrogens is 3. The molecule has 1 aromatic carbocycles. The number of amides is 2. The van der Waals surface area contributed by atoms with E-state index in [4.69, 9.17) is 0 Å². The number of benzene rings is 1. The minimum absolute atomic E-state index is 0.0605. The normalized spacial score (nSPS) is 18.3. The number of aliphatic hydroxyl groups excluding tert-OH is 1. The lowest BCUT2D eigenvalue weighted by Gasteiger charge is -2.40. The van der Waals surface area contributed by atoms with Crippen LogP contribution in [0.15, 0.2) is 53.3 Å². The Hall–Kier alpha value is -4.43. The molecule has 0 saturated carbocycles. The van der Waals surface area contributed by atoms with E-state index in [1.807, 2.05) is 18.7 Å². The number of nitrogens with one attached hydrogen (secondary N) is 1. The molecule has 5 heterocycles. The molecule has 2 aromatic heterocycles. The average molecular weight is 621 g/mol. The summed E-state index contributed by atoms with van der Waals surface area (Å²) in [6.07, 6.45) is 1.21. The van der Waals surface area contributed by atoms with E-state index in [9.17, 15) is 14.7 Å². The van der Waals surface area contributed by atoms with E-state index in [1.165, 1.54) is 53.3 Å². The first-order valence-corrected chi connectivity index (χ1v) is 15.1. The zero-order chi connectivity index (χ0) is 31.1. The van der Waals surface area contributed by atoms with Gasteiger partial charge in [-0.1, -0.05) is 26.5 Å². The van der Waals surface area contributed by atoms with Crippen LogP contribution in [0.3, 0.4) is 0 Å². The Balaban J connectivity index is 1.59. The summed E-state index contributed by atoms with van der Waals surface area (Å²) in [6.45, 7) is 8.90. The van der Waals surface area contributed by atoms with Crippen molar-refractivity contribution in [2.75, 3.05) is 42.1 Å². The van der Waals surface area contributed by atoms with Crippen LogP contribution in [0, 0.1) is 11.6 Å².